The van der Waals surface area contributed by atoms with Crippen molar-refractivity contribution in [2.75, 3.05) is 76.2 Å². The zero-order chi connectivity index (χ0) is 58.6. The highest BCUT2D eigenvalue weighted by molar-refractivity contribution is 7.29. The molecule has 8 aromatic rings. The molecule has 0 aliphatic carbocycles. The molecular weight excluding hydrogens is 1080 g/mol. The number of aromatic amines is 1. The highest BCUT2D eigenvalue weighted by Gasteiger charge is 2.44. The van der Waals surface area contributed by atoms with Gasteiger partial charge in [-0.2, -0.15) is 10.2 Å². The summed E-state index contributed by atoms with van der Waals surface area (Å²) < 4.78 is 42.8. The molecule has 83 heavy (non-hydrogen) atoms. The lowest BCUT2D eigenvalue weighted by Crippen LogP contribution is -2.44. The lowest BCUT2D eigenvalue weighted by molar-refractivity contribution is -0.114. The lowest BCUT2D eigenvalue weighted by atomic mass is 9.80. The minimum Gasteiger partial charge on any atom is -0.497 e. The second-order valence-corrected chi connectivity index (χ2v) is 21.6. The SMILES string of the molecule is COc1ccc(C(OCC2OC(n3cnc4c(=O)[nH]c(Nc5cc(-c6nnc(-c7ccc(N8CCN(C)CC8)cc7)o6)ccc5NC(C)=O)nc43)CC2OPN(C(C)C)C(C)C)(c2ccccc2)c2ccc(OC)cc2)cc1.N#CCCO. The summed E-state index contributed by atoms with van der Waals surface area (Å²) in [6.07, 6.45) is 0.472. The van der Waals surface area contributed by atoms with Gasteiger partial charge in [0.05, 0.1) is 72.7 Å². The van der Waals surface area contributed by atoms with Crippen LogP contribution in [0.15, 0.2) is 137 Å². The van der Waals surface area contributed by atoms with Crippen molar-refractivity contribution in [2.45, 2.75) is 83.6 Å². The molecule has 4 unspecified atom stereocenters. The maximum absolute atomic E-state index is 13.9. The molecule has 5 aromatic carbocycles. The van der Waals surface area contributed by atoms with Crippen LogP contribution in [0.3, 0.4) is 0 Å². The second-order valence-electron chi connectivity index (χ2n) is 20.7. The van der Waals surface area contributed by atoms with Crippen molar-refractivity contribution in [1.82, 2.24) is 39.3 Å². The van der Waals surface area contributed by atoms with Gasteiger partial charge in [0.1, 0.15) is 29.4 Å². The Balaban J connectivity index is 0.00000159. The van der Waals surface area contributed by atoms with Crippen molar-refractivity contribution < 1.29 is 37.8 Å². The number of methoxy groups -OCH3 is 2. The van der Waals surface area contributed by atoms with Gasteiger partial charge in [-0.25, -0.2) is 4.98 Å². The van der Waals surface area contributed by atoms with Crippen LogP contribution in [0.4, 0.5) is 23.0 Å². The zero-order valence-corrected chi connectivity index (χ0v) is 48.9. The normalized spacial score (nSPS) is 16.6. The Bertz CT molecular complexity index is 3450. The summed E-state index contributed by atoms with van der Waals surface area (Å²) in [7, 11) is 5.45. The molecule has 0 saturated carbocycles. The molecular formula is C61H71N12O9P. The number of nitrogens with one attached hydrogen (secondary N) is 3. The molecule has 2 aliphatic rings. The van der Waals surface area contributed by atoms with E-state index in [0.29, 0.717) is 40.7 Å². The third kappa shape index (κ3) is 13.9. The number of aliphatic hydroxyl groups is 1. The standard InChI is InChI=1S/C58H66N11O8P.C3H5NO/c1-36(2)69(37(3)4)78-77-49-33-51(75-50(49)34-74-58(41-12-10-9-11-13-41,42-17-23-45(72-7)24-18-42)43-19-25-46(73-8)26-20-43)68-35-59-52-53(68)62-57(63-54(52)71)61-48-32-40(16-27-47(48)60-38(5)70)56-65-64-55(76-56)39-14-21-44(22-15-39)67-30-28-66(6)29-31-67;4-2-1-3-5/h9-27,32,35-37,49-51,78H,28-31,33-34H2,1-8H3,(H,60,70)(H2,61,62,63,71);5H,1,3H2. The summed E-state index contributed by atoms with van der Waals surface area (Å²) in [4.78, 5) is 43.5. The van der Waals surface area contributed by atoms with Crippen LogP contribution >= 0.6 is 8.96 Å². The number of hydrogen-bond donors (Lipinski definition) is 4. The number of nitriles is 1. The predicted octanol–water partition coefficient (Wildman–Crippen LogP) is 9.51. The number of benzene rings is 5. The second kappa shape index (κ2) is 27.3. The fourth-order valence-electron chi connectivity index (χ4n) is 10.2. The maximum Gasteiger partial charge on any atom is 0.280 e. The average Bonchev–Trinajstić information content (AvgIpc) is 3.13. The van der Waals surface area contributed by atoms with Gasteiger partial charge in [0.15, 0.2) is 11.2 Å². The number of rotatable bonds is 21. The molecule has 4 atom stereocenters. The summed E-state index contributed by atoms with van der Waals surface area (Å²) >= 11 is 0. The summed E-state index contributed by atoms with van der Waals surface area (Å²) in [5.74, 6) is 1.83. The molecule has 22 heteroatoms. The van der Waals surface area contributed by atoms with E-state index in [4.69, 9.17) is 43.2 Å². The number of piperazine rings is 1. The number of anilines is 4. The van der Waals surface area contributed by atoms with Gasteiger partial charge < -0.3 is 53.4 Å². The fraction of sp³-hybridized carbons (Fsp3) is 0.361. The van der Waals surface area contributed by atoms with E-state index in [1.165, 1.54) is 6.92 Å². The largest absolute Gasteiger partial charge is 0.497 e. The molecule has 4 N–H and O–H groups in total. The molecule has 3 aromatic heterocycles. The number of aromatic nitrogens is 6. The van der Waals surface area contributed by atoms with E-state index in [9.17, 15) is 9.59 Å². The minimum absolute atomic E-state index is 0.0174. The Kier molecular flexibility index (Phi) is 19.6. The van der Waals surface area contributed by atoms with E-state index in [-0.39, 0.29) is 69.6 Å². The Morgan fingerprint density at radius 1 is 0.855 bits per heavy atom. The van der Waals surface area contributed by atoms with Crippen molar-refractivity contribution in [2.24, 2.45) is 0 Å². The van der Waals surface area contributed by atoms with E-state index in [1.807, 2.05) is 78.9 Å². The lowest BCUT2D eigenvalue weighted by Gasteiger charge is -2.37. The van der Waals surface area contributed by atoms with Crippen LogP contribution in [0, 0.1) is 11.3 Å². The molecule has 0 bridgehead atoms. The summed E-state index contributed by atoms with van der Waals surface area (Å²) in [5, 5.41) is 30.4. The monoisotopic (exact) mass is 1150 g/mol. The van der Waals surface area contributed by atoms with Crippen LogP contribution in [0.2, 0.25) is 0 Å². The summed E-state index contributed by atoms with van der Waals surface area (Å²) in [6.45, 7) is 14.1. The first-order valence-electron chi connectivity index (χ1n) is 27.6. The van der Waals surface area contributed by atoms with Crippen LogP contribution in [0.25, 0.3) is 34.1 Å². The van der Waals surface area contributed by atoms with Crippen molar-refractivity contribution >= 4 is 49.0 Å². The number of ether oxygens (including phenoxy) is 4. The number of carbonyl (C=O) groups excluding carboxylic acids is 1. The number of aliphatic hydroxyl groups excluding tert-OH is 1. The van der Waals surface area contributed by atoms with Gasteiger partial charge in [-0.05, 0) is 118 Å². The maximum atomic E-state index is 13.9. The first kappa shape index (κ1) is 59.6. The molecule has 0 radical (unpaired) electrons. The highest BCUT2D eigenvalue weighted by atomic mass is 31.1. The Morgan fingerprint density at radius 2 is 1.47 bits per heavy atom. The molecule has 2 saturated heterocycles. The molecule has 21 nitrogen and oxygen atoms in total. The predicted molar refractivity (Wildman–Crippen MR) is 320 cm³/mol. The van der Waals surface area contributed by atoms with Gasteiger partial charge in [-0.15, -0.1) is 10.2 Å². The Morgan fingerprint density at radius 3 is 2.05 bits per heavy atom. The zero-order valence-electron chi connectivity index (χ0n) is 47.9. The van der Waals surface area contributed by atoms with Gasteiger partial charge in [0.25, 0.3) is 5.56 Å². The van der Waals surface area contributed by atoms with Gasteiger partial charge in [-0.3, -0.25) is 23.8 Å². The molecule has 434 valence electrons. The van der Waals surface area contributed by atoms with E-state index in [2.05, 4.69) is 104 Å². The van der Waals surface area contributed by atoms with Crippen molar-refractivity contribution in [3.8, 4) is 40.5 Å². The number of hydrogen-bond acceptors (Lipinski definition) is 18. The van der Waals surface area contributed by atoms with E-state index < -0.39 is 29.6 Å². The van der Waals surface area contributed by atoms with Crippen LogP contribution < -0.4 is 30.6 Å². The molecule has 0 spiro atoms. The average molecular weight is 1150 g/mol. The fourth-order valence-corrected chi connectivity index (χ4v) is 11.1. The van der Waals surface area contributed by atoms with Crippen molar-refractivity contribution in [1.29, 1.82) is 5.26 Å². The van der Waals surface area contributed by atoms with Gasteiger partial charge in [0, 0.05) is 68.4 Å². The van der Waals surface area contributed by atoms with Gasteiger partial charge in [0.2, 0.25) is 23.6 Å². The third-order valence-electron chi connectivity index (χ3n) is 14.4. The van der Waals surface area contributed by atoms with Crippen LogP contribution in [0.1, 0.15) is 70.4 Å². The molecule has 2 fully saturated rings. The molecule has 5 heterocycles. The van der Waals surface area contributed by atoms with E-state index >= 15 is 0 Å². The summed E-state index contributed by atoms with van der Waals surface area (Å²) in [5.41, 5.74) is 4.76. The Hall–Kier alpha value is -8.06. The molecule has 10 rings (SSSR count). The number of H-pyrrole nitrogens is 1. The highest BCUT2D eigenvalue weighted by Crippen LogP contribution is 2.45. The van der Waals surface area contributed by atoms with Gasteiger partial charge in [-0.1, -0.05) is 54.6 Å². The van der Waals surface area contributed by atoms with Crippen molar-refractivity contribution in [3.05, 3.63) is 155 Å². The minimum atomic E-state index is -1.12. The first-order valence-corrected chi connectivity index (χ1v) is 28.4. The number of nitrogens with zero attached hydrogens (tertiary/aromatic N) is 9. The molecule has 1 amide bonds. The Labute approximate surface area is 484 Å². The van der Waals surface area contributed by atoms with Crippen LogP contribution in [-0.4, -0.2) is 135 Å². The quantitative estimate of drug-likeness (QED) is 0.0386. The van der Waals surface area contributed by atoms with E-state index in [0.717, 1.165) is 54.1 Å². The number of imidazole rings is 1. The number of amides is 1. The first-order chi connectivity index (χ1) is 40.2. The number of likely N-dealkylation sites (N-methyl/N-ethyl adjacent to an activating group) is 1. The third-order valence-corrected chi connectivity index (χ3v) is 16.1. The topological polar surface area (TPSA) is 244 Å². The smallest absolute Gasteiger partial charge is 0.280 e. The molecule has 2 aliphatic heterocycles. The number of carbonyl (C=O) groups is 1. The van der Waals surface area contributed by atoms with Crippen molar-refractivity contribution in [3.63, 3.8) is 0 Å². The van der Waals surface area contributed by atoms with Crippen LogP contribution in [0.5, 0.6) is 11.5 Å². The number of fused-ring (bicyclic) bond motifs is 1. The van der Waals surface area contributed by atoms with Gasteiger partial charge >= 0.3 is 0 Å². The summed E-state index contributed by atoms with van der Waals surface area (Å²) in [6, 6.07) is 41.5. The van der Waals surface area contributed by atoms with Crippen LogP contribution in [-0.2, 0) is 24.4 Å². The van der Waals surface area contributed by atoms with E-state index in [1.54, 1.807) is 49.4 Å².